The van der Waals surface area contributed by atoms with Crippen LogP contribution in [0.5, 0.6) is 0 Å². The summed E-state index contributed by atoms with van der Waals surface area (Å²) in [6, 6.07) is 6.92. The smallest absolute Gasteiger partial charge is 0.385 e. The van der Waals surface area contributed by atoms with Gasteiger partial charge in [-0.25, -0.2) is 0 Å². The number of alkyl halides is 3. The normalized spacial score (nSPS) is 27.2. The number of amides is 1. The first-order chi connectivity index (χ1) is 13.6. The predicted molar refractivity (Wildman–Crippen MR) is 106 cm³/mol. The molecule has 1 aromatic carbocycles. The maximum Gasteiger partial charge on any atom is 0.416 e. The van der Waals surface area contributed by atoms with E-state index in [-0.39, 0.29) is 17.7 Å². The van der Waals surface area contributed by atoms with Gasteiger partial charge in [-0.05, 0) is 68.4 Å². The molecule has 2 aromatic rings. The fourth-order valence-electron chi connectivity index (χ4n) is 4.85. The third-order valence-corrected chi connectivity index (χ3v) is 7.68. The van der Waals surface area contributed by atoms with E-state index in [1.807, 2.05) is 19.9 Å². The predicted octanol–water partition coefficient (Wildman–Crippen LogP) is 5.14. The number of carbonyl (C=O) groups excluding carboxylic acids is 1. The average Bonchev–Trinajstić information content (AvgIpc) is 3.25. The lowest BCUT2D eigenvalue weighted by Gasteiger charge is -2.41. The van der Waals surface area contributed by atoms with Crippen molar-refractivity contribution in [3.8, 4) is 0 Å². The zero-order chi connectivity index (χ0) is 21.0. The molecule has 0 spiro atoms. The molecule has 7 heteroatoms. The van der Waals surface area contributed by atoms with Gasteiger partial charge in [0.25, 0.3) is 5.91 Å². The molecule has 1 saturated heterocycles. The Morgan fingerprint density at radius 3 is 2.66 bits per heavy atom. The van der Waals surface area contributed by atoms with Crippen molar-refractivity contribution in [2.75, 3.05) is 13.1 Å². The van der Waals surface area contributed by atoms with Crippen molar-refractivity contribution in [2.45, 2.75) is 44.9 Å². The highest BCUT2D eigenvalue weighted by Crippen LogP contribution is 2.49. The van der Waals surface area contributed by atoms with Gasteiger partial charge in [0.05, 0.1) is 16.0 Å². The van der Waals surface area contributed by atoms with E-state index in [0.717, 1.165) is 35.4 Å². The van der Waals surface area contributed by atoms with Crippen molar-refractivity contribution >= 4 is 17.2 Å². The minimum absolute atomic E-state index is 0.0491. The van der Waals surface area contributed by atoms with Crippen LogP contribution in [-0.2, 0) is 11.8 Å². The molecular weight excluding hydrogens is 399 g/mol. The van der Waals surface area contributed by atoms with E-state index in [0.29, 0.717) is 30.0 Å². The van der Waals surface area contributed by atoms with Gasteiger partial charge in [0, 0.05) is 23.9 Å². The summed E-state index contributed by atoms with van der Waals surface area (Å²) in [6.07, 6.45) is -2.44. The number of hydrogen-bond donors (Lipinski definition) is 1. The molecule has 1 aliphatic heterocycles. The number of nitrogens with zero attached hydrogens (tertiary/aromatic N) is 1. The number of halogens is 3. The van der Waals surface area contributed by atoms with E-state index in [4.69, 9.17) is 0 Å². The molecule has 4 rings (SSSR count). The fourth-order valence-corrected chi connectivity index (χ4v) is 5.85. The minimum atomic E-state index is -4.45. The van der Waals surface area contributed by atoms with E-state index < -0.39 is 17.3 Å². The lowest BCUT2D eigenvalue weighted by Crippen LogP contribution is -2.43. The van der Waals surface area contributed by atoms with Crippen molar-refractivity contribution in [1.82, 2.24) is 4.90 Å². The third kappa shape index (κ3) is 3.59. The molecular formula is C22H24F3NO2S. The lowest BCUT2D eigenvalue weighted by molar-refractivity contribution is -0.138. The molecule has 0 unspecified atom stereocenters. The van der Waals surface area contributed by atoms with Crippen molar-refractivity contribution in [1.29, 1.82) is 0 Å². The van der Waals surface area contributed by atoms with E-state index in [1.165, 1.54) is 17.4 Å². The Labute approximate surface area is 172 Å². The van der Waals surface area contributed by atoms with E-state index in [1.54, 1.807) is 11.0 Å². The first kappa shape index (κ1) is 20.4. The highest BCUT2D eigenvalue weighted by molar-refractivity contribution is 7.14. The third-order valence-electron chi connectivity index (χ3n) is 6.54. The monoisotopic (exact) mass is 423 g/mol. The molecule has 1 saturated carbocycles. The van der Waals surface area contributed by atoms with Crippen LogP contribution in [0.4, 0.5) is 13.2 Å². The number of benzene rings is 1. The number of fused-ring (bicyclic) bond motifs is 1. The van der Waals surface area contributed by atoms with Crippen molar-refractivity contribution in [3.05, 3.63) is 56.8 Å². The summed E-state index contributed by atoms with van der Waals surface area (Å²) in [4.78, 5) is 16.5. The van der Waals surface area contributed by atoms with Crippen LogP contribution < -0.4 is 0 Å². The molecule has 2 heterocycles. The van der Waals surface area contributed by atoms with Crippen LogP contribution in [0.3, 0.4) is 0 Å². The second-order valence-corrected chi connectivity index (χ2v) is 9.58. The second-order valence-electron chi connectivity index (χ2n) is 8.32. The number of hydrogen-bond acceptors (Lipinski definition) is 3. The van der Waals surface area contributed by atoms with E-state index in [9.17, 15) is 23.1 Å². The Kier molecular flexibility index (Phi) is 5.02. The zero-order valence-electron chi connectivity index (χ0n) is 16.4. The summed E-state index contributed by atoms with van der Waals surface area (Å²) >= 11 is 1.46. The average molecular weight is 424 g/mol. The van der Waals surface area contributed by atoms with Crippen molar-refractivity contribution in [2.24, 2.45) is 11.8 Å². The van der Waals surface area contributed by atoms with Crippen molar-refractivity contribution in [3.63, 3.8) is 0 Å². The molecule has 1 N–H and O–H groups in total. The van der Waals surface area contributed by atoms with Crippen LogP contribution in [0, 0.1) is 25.7 Å². The molecule has 3 atom stereocenters. The van der Waals surface area contributed by atoms with Gasteiger partial charge < -0.3 is 10.0 Å². The minimum Gasteiger partial charge on any atom is -0.385 e. The molecule has 2 aliphatic rings. The van der Waals surface area contributed by atoms with Gasteiger partial charge >= 0.3 is 6.18 Å². The van der Waals surface area contributed by atoms with Crippen molar-refractivity contribution < 1.29 is 23.1 Å². The summed E-state index contributed by atoms with van der Waals surface area (Å²) in [5, 5.41) is 11.5. The maximum atomic E-state index is 13.2. The zero-order valence-corrected chi connectivity index (χ0v) is 17.2. The van der Waals surface area contributed by atoms with Crippen LogP contribution in [0.2, 0.25) is 0 Å². The highest BCUT2D eigenvalue weighted by atomic mass is 32.1. The lowest BCUT2D eigenvalue weighted by atomic mass is 9.67. The SMILES string of the molecule is Cc1cc(C(=O)N2C[C@@H]3CCC[C@@](O)(c4cccc(C(F)(F)F)c4)[C@H]3C2)sc1C. The Morgan fingerprint density at radius 1 is 1.24 bits per heavy atom. The van der Waals surface area contributed by atoms with E-state index >= 15 is 0 Å². The molecule has 1 aromatic heterocycles. The Bertz CT molecular complexity index is 919. The molecule has 2 fully saturated rings. The van der Waals surface area contributed by atoms with Gasteiger partial charge in [-0.2, -0.15) is 13.2 Å². The maximum absolute atomic E-state index is 13.2. The summed E-state index contributed by atoms with van der Waals surface area (Å²) in [5.74, 6) is -0.216. The number of thiophene rings is 1. The summed E-state index contributed by atoms with van der Waals surface area (Å²) < 4.78 is 39.6. The van der Waals surface area contributed by atoms with Gasteiger partial charge in [0.2, 0.25) is 0 Å². The number of likely N-dealkylation sites (tertiary alicyclic amines) is 1. The van der Waals surface area contributed by atoms with Crippen LogP contribution in [0.15, 0.2) is 30.3 Å². The van der Waals surface area contributed by atoms with Crippen LogP contribution in [0.25, 0.3) is 0 Å². The number of aryl methyl sites for hydroxylation is 2. The van der Waals surface area contributed by atoms with Gasteiger partial charge in [0.15, 0.2) is 0 Å². The van der Waals surface area contributed by atoms with Gasteiger partial charge in [-0.15, -0.1) is 11.3 Å². The topological polar surface area (TPSA) is 40.5 Å². The quantitative estimate of drug-likeness (QED) is 0.726. The molecule has 156 valence electrons. The number of aliphatic hydroxyl groups is 1. The van der Waals surface area contributed by atoms with Gasteiger partial charge in [-0.1, -0.05) is 12.1 Å². The molecule has 1 aliphatic carbocycles. The van der Waals surface area contributed by atoms with Gasteiger partial charge in [-0.3, -0.25) is 4.79 Å². The van der Waals surface area contributed by atoms with E-state index in [2.05, 4.69) is 0 Å². The Balaban J connectivity index is 1.62. The molecule has 29 heavy (non-hydrogen) atoms. The van der Waals surface area contributed by atoms with Crippen LogP contribution in [0.1, 0.15) is 50.5 Å². The summed E-state index contributed by atoms with van der Waals surface area (Å²) in [7, 11) is 0. The molecule has 3 nitrogen and oxygen atoms in total. The Hall–Kier alpha value is -1.86. The van der Waals surface area contributed by atoms with Gasteiger partial charge in [0.1, 0.15) is 0 Å². The Morgan fingerprint density at radius 2 is 2.00 bits per heavy atom. The number of rotatable bonds is 2. The fraction of sp³-hybridized carbons (Fsp3) is 0.500. The number of carbonyl (C=O) groups is 1. The van der Waals surface area contributed by atoms with Crippen LogP contribution in [-0.4, -0.2) is 29.0 Å². The second kappa shape index (κ2) is 7.13. The largest absolute Gasteiger partial charge is 0.416 e. The molecule has 0 radical (unpaired) electrons. The standard InChI is InChI=1S/C22H24F3NO2S/c1-13-9-19(29-14(13)2)20(27)26-11-15-5-4-8-21(28,18(15)12-26)16-6-3-7-17(10-16)22(23,24)25/h3,6-7,9-10,15,18,28H,4-5,8,11-12H2,1-2H3/t15-,18-,21+/m0/s1. The van der Waals surface area contributed by atoms with Crippen LogP contribution >= 0.6 is 11.3 Å². The first-order valence-corrected chi connectivity index (χ1v) is 10.7. The highest BCUT2D eigenvalue weighted by Gasteiger charge is 2.51. The first-order valence-electron chi connectivity index (χ1n) is 9.86. The summed E-state index contributed by atoms with van der Waals surface area (Å²) in [5.41, 5.74) is -0.712. The summed E-state index contributed by atoms with van der Waals surface area (Å²) in [6.45, 7) is 4.86. The molecule has 1 amide bonds. The molecule has 0 bridgehead atoms.